The van der Waals surface area contributed by atoms with Crippen molar-refractivity contribution >= 4 is 11.3 Å². The van der Waals surface area contributed by atoms with E-state index in [1.54, 1.807) is 0 Å². The summed E-state index contributed by atoms with van der Waals surface area (Å²) in [7, 11) is 0. The molecule has 0 amide bonds. The maximum atomic E-state index is 3.09. The standard InChI is InChI=1S/C12H18.C10H16S.C8H16.C8H14/c1-9(2)11-5-7-12(8-6-11)10(3)4;1-7(2)9-5-6-10(11-9)8(3)4;2*1-7(2)5-6-8(3)4/h5-10H,1-4H3;5-8H,1-4H3;5-8H,1-4H3;7-8H,1-4H3/b;;6-5+;. The van der Waals surface area contributed by atoms with Crippen molar-refractivity contribution in [1.82, 2.24) is 0 Å². The van der Waals surface area contributed by atoms with Crippen LogP contribution in [0.3, 0.4) is 0 Å². The fourth-order valence-corrected chi connectivity index (χ4v) is 4.05. The summed E-state index contributed by atoms with van der Waals surface area (Å²) < 4.78 is 0. The molecule has 0 aliphatic carbocycles. The van der Waals surface area contributed by atoms with Gasteiger partial charge in [0.05, 0.1) is 0 Å². The number of hydrogen-bond acceptors (Lipinski definition) is 1. The lowest BCUT2D eigenvalue weighted by molar-refractivity contribution is 0.780. The van der Waals surface area contributed by atoms with Crippen molar-refractivity contribution in [2.24, 2.45) is 23.7 Å². The van der Waals surface area contributed by atoms with Crippen molar-refractivity contribution < 1.29 is 0 Å². The second kappa shape index (κ2) is 22.0. The molecule has 39 heavy (non-hydrogen) atoms. The van der Waals surface area contributed by atoms with Gasteiger partial charge >= 0.3 is 0 Å². The molecule has 0 saturated heterocycles. The summed E-state index contributed by atoms with van der Waals surface area (Å²) in [4.78, 5) is 3.02. The van der Waals surface area contributed by atoms with Crippen LogP contribution in [0.2, 0.25) is 0 Å². The Morgan fingerprint density at radius 3 is 0.872 bits per heavy atom. The summed E-state index contributed by atoms with van der Waals surface area (Å²) in [5.74, 6) is 11.3. The van der Waals surface area contributed by atoms with E-state index in [4.69, 9.17) is 0 Å². The van der Waals surface area contributed by atoms with Gasteiger partial charge in [0.2, 0.25) is 0 Å². The zero-order valence-corrected chi connectivity index (χ0v) is 29.5. The number of hydrogen-bond donors (Lipinski definition) is 0. The lowest BCUT2D eigenvalue weighted by Gasteiger charge is -2.08. The van der Waals surface area contributed by atoms with Gasteiger partial charge in [0.25, 0.3) is 0 Å². The second-order valence-corrected chi connectivity index (χ2v) is 14.1. The van der Waals surface area contributed by atoms with Gasteiger partial charge in [-0.25, -0.2) is 0 Å². The van der Waals surface area contributed by atoms with E-state index in [2.05, 4.69) is 171 Å². The SMILES string of the molecule is CC(C)/C=C/C(C)C.CC(C)C#CC(C)C.CC(C)c1ccc(C(C)C)cc1.CC(C)c1ccc(C(C)C)s1. The summed E-state index contributed by atoms with van der Waals surface area (Å²) in [5, 5.41) is 0. The van der Waals surface area contributed by atoms with Crippen molar-refractivity contribution in [3.05, 3.63) is 69.4 Å². The van der Waals surface area contributed by atoms with Crippen molar-refractivity contribution in [3.8, 4) is 11.8 Å². The summed E-state index contributed by atoms with van der Waals surface area (Å²) in [5.41, 5.74) is 2.86. The van der Waals surface area contributed by atoms with Crippen LogP contribution in [0.1, 0.15) is 155 Å². The first kappa shape index (κ1) is 39.4. The molecule has 0 unspecified atom stereocenters. The highest BCUT2D eigenvalue weighted by molar-refractivity contribution is 7.12. The van der Waals surface area contributed by atoms with Gasteiger partial charge in [-0.2, -0.15) is 0 Å². The lowest BCUT2D eigenvalue weighted by atomic mass is 9.97. The smallest absolute Gasteiger partial charge is 0.0146 e. The molecular formula is C38H64S. The first-order valence-corrected chi connectivity index (χ1v) is 16.2. The fourth-order valence-electron chi connectivity index (χ4n) is 3.03. The fraction of sp³-hybridized carbons (Fsp3) is 0.632. The van der Waals surface area contributed by atoms with Crippen LogP contribution >= 0.6 is 11.3 Å². The summed E-state index contributed by atoms with van der Waals surface area (Å²) in [6, 6.07) is 13.5. The average Bonchev–Trinajstić information content (AvgIpc) is 3.34. The molecule has 0 nitrogen and oxygen atoms in total. The number of thiophene rings is 1. The van der Waals surface area contributed by atoms with Gasteiger partial charge < -0.3 is 0 Å². The Morgan fingerprint density at radius 2 is 0.718 bits per heavy atom. The third kappa shape index (κ3) is 22.7. The second-order valence-electron chi connectivity index (χ2n) is 13.0. The van der Waals surface area contributed by atoms with E-state index in [1.807, 2.05) is 11.3 Å². The molecule has 0 spiro atoms. The Balaban J connectivity index is 0. The molecule has 0 aliphatic rings. The molecule has 0 atom stereocenters. The third-order valence-electron chi connectivity index (χ3n) is 5.60. The normalized spacial score (nSPS) is 11.1. The number of allylic oxidation sites excluding steroid dienone is 2. The number of benzene rings is 1. The van der Waals surface area contributed by atoms with Crippen LogP contribution in [-0.2, 0) is 0 Å². The molecule has 1 heterocycles. The zero-order chi connectivity index (χ0) is 30.7. The van der Waals surface area contributed by atoms with Crippen molar-refractivity contribution in [2.75, 3.05) is 0 Å². The molecule has 1 heteroatoms. The summed E-state index contributed by atoms with van der Waals surface area (Å²) in [6.45, 7) is 35.1. The highest BCUT2D eigenvalue weighted by atomic mass is 32.1. The Labute approximate surface area is 250 Å². The van der Waals surface area contributed by atoms with Crippen LogP contribution < -0.4 is 0 Å². The monoisotopic (exact) mass is 552 g/mol. The molecule has 222 valence electrons. The molecule has 1 aromatic carbocycles. The molecule has 0 radical (unpaired) electrons. The first-order chi connectivity index (χ1) is 18.0. The van der Waals surface area contributed by atoms with Crippen LogP contribution in [0.5, 0.6) is 0 Å². The minimum Gasteiger partial charge on any atom is -0.145 e. The minimum atomic E-state index is 0.525. The molecule has 0 aliphatic heterocycles. The van der Waals surface area contributed by atoms with E-state index < -0.39 is 0 Å². The Morgan fingerprint density at radius 1 is 0.436 bits per heavy atom. The van der Waals surface area contributed by atoms with Crippen LogP contribution in [0.15, 0.2) is 48.6 Å². The lowest BCUT2D eigenvalue weighted by Crippen LogP contribution is -1.90. The maximum Gasteiger partial charge on any atom is 0.0146 e. The van der Waals surface area contributed by atoms with Crippen molar-refractivity contribution in [3.63, 3.8) is 0 Å². The molecular weight excluding hydrogens is 488 g/mol. The van der Waals surface area contributed by atoms with E-state index in [-0.39, 0.29) is 0 Å². The largest absolute Gasteiger partial charge is 0.145 e. The molecule has 1 aromatic heterocycles. The molecule has 0 saturated carbocycles. The average molecular weight is 553 g/mol. The van der Waals surface area contributed by atoms with E-state index in [0.717, 1.165) is 0 Å². The third-order valence-corrected chi connectivity index (χ3v) is 7.28. The van der Waals surface area contributed by atoms with Gasteiger partial charge in [-0.1, -0.05) is 147 Å². The molecule has 0 fully saturated rings. The van der Waals surface area contributed by atoms with E-state index in [0.29, 0.717) is 47.3 Å². The molecule has 2 aromatic rings. The summed E-state index contributed by atoms with van der Waals surface area (Å²) >= 11 is 1.95. The van der Waals surface area contributed by atoms with Gasteiger partial charge in [0, 0.05) is 21.6 Å². The molecule has 0 N–H and O–H groups in total. The van der Waals surface area contributed by atoms with Gasteiger partial charge in [-0.05, 0) is 58.8 Å². The molecule has 0 bridgehead atoms. The van der Waals surface area contributed by atoms with Crippen molar-refractivity contribution in [1.29, 1.82) is 0 Å². The Hall–Kier alpha value is -1.78. The van der Waals surface area contributed by atoms with Gasteiger partial charge in [-0.15, -0.1) is 23.2 Å². The molecule has 2 rings (SSSR count). The topological polar surface area (TPSA) is 0 Å². The van der Waals surface area contributed by atoms with Gasteiger partial charge in [0.15, 0.2) is 0 Å². The predicted octanol–water partition coefficient (Wildman–Crippen LogP) is 13.1. The van der Waals surface area contributed by atoms with Gasteiger partial charge in [0.1, 0.15) is 0 Å². The number of rotatable bonds is 6. The Bertz CT molecular complexity index is 848. The van der Waals surface area contributed by atoms with Crippen LogP contribution in [0.25, 0.3) is 0 Å². The zero-order valence-electron chi connectivity index (χ0n) is 28.6. The predicted molar refractivity (Wildman–Crippen MR) is 183 cm³/mol. The highest BCUT2D eigenvalue weighted by Gasteiger charge is 2.05. The first-order valence-electron chi connectivity index (χ1n) is 15.4. The highest BCUT2D eigenvalue weighted by Crippen LogP contribution is 2.28. The van der Waals surface area contributed by atoms with E-state index >= 15 is 0 Å². The quantitative estimate of drug-likeness (QED) is 0.247. The van der Waals surface area contributed by atoms with E-state index in [1.165, 1.54) is 20.9 Å². The van der Waals surface area contributed by atoms with Crippen molar-refractivity contribution in [2.45, 2.75) is 134 Å². The maximum absolute atomic E-state index is 3.09. The van der Waals surface area contributed by atoms with Crippen LogP contribution in [-0.4, -0.2) is 0 Å². The van der Waals surface area contributed by atoms with Crippen LogP contribution in [0, 0.1) is 35.5 Å². The minimum absolute atomic E-state index is 0.525. The Kier molecular flexibility index (Phi) is 22.2. The van der Waals surface area contributed by atoms with Crippen LogP contribution in [0.4, 0.5) is 0 Å². The van der Waals surface area contributed by atoms with E-state index in [9.17, 15) is 0 Å². The summed E-state index contributed by atoms with van der Waals surface area (Å²) in [6.07, 6.45) is 4.48. The van der Waals surface area contributed by atoms with Gasteiger partial charge in [-0.3, -0.25) is 0 Å².